The van der Waals surface area contributed by atoms with Crippen molar-refractivity contribution in [2.24, 2.45) is 5.73 Å². The molecule has 0 saturated heterocycles. The molecule has 2 aromatic rings. The van der Waals surface area contributed by atoms with Gasteiger partial charge in [0, 0.05) is 12.1 Å². The minimum absolute atomic E-state index is 0. The fraction of sp³-hybridized carbons (Fsp3) is 0.316. The number of nitrogens with one attached hydrogen (secondary N) is 1. The summed E-state index contributed by atoms with van der Waals surface area (Å²) in [6.45, 7) is 1.63. The van der Waals surface area contributed by atoms with E-state index in [-0.39, 0.29) is 36.9 Å². The number of benzene rings is 2. The maximum atomic E-state index is 14.1. The van der Waals surface area contributed by atoms with Gasteiger partial charge in [0.1, 0.15) is 17.2 Å². The molecule has 8 heteroatoms. The molecule has 0 aliphatic carbocycles. The van der Waals surface area contributed by atoms with E-state index in [1.165, 1.54) is 18.2 Å². The summed E-state index contributed by atoms with van der Waals surface area (Å²) in [4.78, 5) is 14.2. The standard InChI is InChI=1S/C19H23F2N3O.2ClH/c1-19(22,13-8-5-4-6-9-13)18(25)23-12-16(24(2)3)17-14(20)10-7-11-15(17)21;;/h4-11,16H,12,22H2,1-3H3,(H,23,25);2*1H. The molecule has 27 heavy (non-hydrogen) atoms. The monoisotopic (exact) mass is 419 g/mol. The van der Waals surface area contributed by atoms with Crippen molar-refractivity contribution in [2.45, 2.75) is 18.5 Å². The van der Waals surface area contributed by atoms with Gasteiger partial charge in [0.2, 0.25) is 5.91 Å². The Balaban J connectivity index is 0.00000338. The molecule has 1 amide bonds. The Morgan fingerprint density at radius 3 is 2.07 bits per heavy atom. The van der Waals surface area contributed by atoms with Crippen molar-refractivity contribution in [3.63, 3.8) is 0 Å². The number of nitrogens with two attached hydrogens (primary N) is 1. The van der Waals surface area contributed by atoms with Crippen LogP contribution in [0, 0.1) is 11.6 Å². The number of halogens is 4. The third kappa shape index (κ3) is 5.87. The third-order valence-corrected chi connectivity index (χ3v) is 4.26. The molecular formula is C19H25Cl2F2N3O. The molecule has 2 unspecified atom stereocenters. The van der Waals surface area contributed by atoms with Gasteiger partial charge in [-0.15, -0.1) is 24.8 Å². The van der Waals surface area contributed by atoms with Crippen molar-refractivity contribution in [3.8, 4) is 0 Å². The van der Waals surface area contributed by atoms with Crippen LogP contribution in [0.15, 0.2) is 48.5 Å². The van der Waals surface area contributed by atoms with Crippen LogP contribution in [-0.2, 0) is 10.3 Å². The molecule has 2 rings (SSSR count). The first-order valence-electron chi connectivity index (χ1n) is 7.98. The van der Waals surface area contributed by atoms with Gasteiger partial charge < -0.3 is 16.0 Å². The van der Waals surface area contributed by atoms with Crippen molar-refractivity contribution in [1.29, 1.82) is 0 Å². The van der Waals surface area contributed by atoms with Crippen LogP contribution < -0.4 is 11.1 Å². The zero-order chi connectivity index (χ0) is 18.6. The molecule has 0 radical (unpaired) electrons. The van der Waals surface area contributed by atoms with Crippen LogP contribution in [0.3, 0.4) is 0 Å². The number of hydrogen-bond donors (Lipinski definition) is 2. The average molecular weight is 420 g/mol. The summed E-state index contributed by atoms with van der Waals surface area (Å²) >= 11 is 0. The summed E-state index contributed by atoms with van der Waals surface area (Å²) in [5.41, 5.74) is 5.51. The lowest BCUT2D eigenvalue weighted by Gasteiger charge is -2.29. The van der Waals surface area contributed by atoms with Crippen LogP contribution in [0.5, 0.6) is 0 Å². The van der Waals surface area contributed by atoms with Crippen LogP contribution in [0.1, 0.15) is 24.1 Å². The van der Waals surface area contributed by atoms with Gasteiger partial charge in [-0.3, -0.25) is 4.79 Å². The summed E-state index contributed by atoms with van der Waals surface area (Å²) in [6.07, 6.45) is 0. The summed E-state index contributed by atoms with van der Waals surface area (Å²) in [7, 11) is 3.39. The highest BCUT2D eigenvalue weighted by Crippen LogP contribution is 2.24. The number of carbonyl (C=O) groups is 1. The van der Waals surface area contributed by atoms with E-state index in [1.54, 1.807) is 50.2 Å². The first-order valence-corrected chi connectivity index (χ1v) is 7.98. The second kappa shape index (κ2) is 10.6. The van der Waals surface area contributed by atoms with Gasteiger partial charge in [-0.1, -0.05) is 36.4 Å². The summed E-state index contributed by atoms with van der Waals surface area (Å²) in [6, 6.07) is 12.0. The largest absolute Gasteiger partial charge is 0.352 e. The zero-order valence-electron chi connectivity index (χ0n) is 15.4. The predicted octanol–water partition coefficient (Wildman–Crippen LogP) is 3.40. The number of nitrogens with zero attached hydrogens (tertiary/aromatic N) is 1. The average Bonchev–Trinajstić information content (AvgIpc) is 2.57. The van der Waals surface area contributed by atoms with Gasteiger partial charge in [-0.25, -0.2) is 8.78 Å². The Kier molecular flexibility index (Phi) is 9.89. The second-order valence-electron chi connectivity index (χ2n) is 6.39. The maximum absolute atomic E-state index is 14.1. The van der Waals surface area contributed by atoms with Crippen molar-refractivity contribution in [1.82, 2.24) is 10.2 Å². The molecule has 0 aliphatic rings. The van der Waals surface area contributed by atoms with Crippen molar-refractivity contribution >= 4 is 30.7 Å². The van der Waals surface area contributed by atoms with Gasteiger partial charge in [0.25, 0.3) is 0 Å². The number of likely N-dealkylation sites (N-methyl/N-ethyl adjacent to an activating group) is 1. The summed E-state index contributed by atoms with van der Waals surface area (Å²) < 4.78 is 28.2. The summed E-state index contributed by atoms with van der Waals surface area (Å²) in [5.74, 6) is -1.71. The van der Waals surface area contributed by atoms with E-state index in [1.807, 2.05) is 6.07 Å². The van der Waals surface area contributed by atoms with Gasteiger partial charge in [0.05, 0.1) is 6.04 Å². The fourth-order valence-corrected chi connectivity index (χ4v) is 2.66. The molecule has 4 nitrogen and oxygen atoms in total. The Labute approximate surface area is 170 Å². The topological polar surface area (TPSA) is 58.4 Å². The Hall–Kier alpha value is -1.73. The lowest BCUT2D eigenvalue weighted by molar-refractivity contribution is -0.126. The van der Waals surface area contributed by atoms with Crippen molar-refractivity contribution in [3.05, 3.63) is 71.3 Å². The number of hydrogen-bond acceptors (Lipinski definition) is 3. The molecule has 0 spiro atoms. The van der Waals surface area contributed by atoms with Gasteiger partial charge in [-0.2, -0.15) is 0 Å². The predicted molar refractivity (Wildman–Crippen MR) is 108 cm³/mol. The van der Waals surface area contributed by atoms with Gasteiger partial charge in [-0.05, 0) is 38.7 Å². The molecule has 0 heterocycles. The van der Waals surface area contributed by atoms with Crippen molar-refractivity contribution < 1.29 is 13.6 Å². The first kappa shape index (κ1) is 25.3. The molecule has 3 N–H and O–H groups in total. The van der Waals surface area contributed by atoms with E-state index < -0.39 is 29.1 Å². The van der Waals surface area contributed by atoms with E-state index in [0.717, 1.165) is 0 Å². The number of rotatable bonds is 6. The SMILES string of the molecule is CN(C)C(CNC(=O)C(C)(N)c1ccccc1)c1c(F)cccc1F.Cl.Cl. The molecule has 0 aromatic heterocycles. The van der Waals surface area contributed by atoms with E-state index in [9.17, 15) is 13.6 Å². The minimum Gasteiger partial charge on any atom is -0.352 e. The van der Waals surface area contributed by atoms with Crippen LogP contribution in [0.25, 0.3) is 0 Å². The third-order valence-electron chi connectivity index (χ3n) is 4.26. The molecule has 0 bridgehead atoms. The highest BCUT2D eigenvalue weighted by Gasteiger charge is 2.31. The van der Waals surface area contributed by atoms with E-state index in [2.05, 4.69) is 5.32 Å². The van der Waals surface area contributed by atoms with Crippen molar-refractivity contribution in [2.75, 3.05) is 20.6 Å². The van der Waals surface area contributed by atoms with Crippen LogP contribution in [0.4, 0.5) is 8.78 Å². The minimum atomic E-state index is -1.24. The fourth-order valence-electron chi connectivity index (χ4n) is 2.66. The molecule has 0 aliphatic heterocycles. The lowest BCUT2D eigenvalue weighted by Crippen LogP contribution is -2.50. The summed E-state index contributed by atoms with van der Waals surface area (Å²) in [5, 5.41) is 2.72. The first-order chi connectivity index (χ1) is 11.7. The molecule has 0 fully saturated rings. The Bertz CT molecular complexity index is 723. The number of amides is 1. The maximum Gasteiger partial charge on any atom is 0.244 e. The van der Waals surface area contributed by atoms with E-state index in [0.29, 0.717) is 5.56 Å². The Morgan fingerprint density at radius 2 is 1.59 bits per heavy atom. The highest BCUT2D eigenvalue weighted by atomic mass is 35.5. The smallest absolute Gasteiger partial charge is 0.244 e. The van der Waals surface area contributed by atoms with E-state index in [4.69, 9.17) is 5.73 Å². The molecule has 150 valence electrons. The lowest BCUT2D eigenvalue weighted by atomic mass is 9.92. The normalized spacial score (nSPS) is 13.7. The quantitative estimate of drug-likeness (QED) is 0.753. The molecular weight excluding hydrogens is 395 g/mol. The molecule has 0 saturated carbocycles. The van der Waals surface area contributed by atoms with Crippen LogP contribution in [0.2, 0.25) is 0 Å². The van der Waals surface area contributed by atoms with Gasteiger partial charge in [0.15, 0.2) is 0 Å². The Morgan fingerprint density at radius 1 is 1.07 bits per heavy atom. The van der Waals surface area contributed by atoms with Crippen LogP contribution in [-0.4, -0.2) is 31.4 Å². The molecule has 2 atom stereocenters. The second-order valence-corrected chi connectivity index (χ2v) is 6.39. The van der Waals surface area contributed by atoms with Gasteiger partial charge >= 0.3 is 0 Å². The van der Waals surface area contributed by atoms with E-state index >= 15 is 0 Å². The zero-order valence-corrected chi connectivity index (χ0v) is 17.0. The highest BCUT2D eigenvalue weighted by molar-refractivity contribution is 5.87. The van der Waals surface area contributed by atoms with Crippen LogP contribution >= 0.6 is 24.8 Å². The number of carbonyl (C=O) groups excluding carboxylic acids is 1. The molecule has 2 aromatic carbocycles.